The van der Waals surface area contributed by atoms with Gasteiger partial charge in [-0.15, -0.1) is 0 Å². The first-order chi connectivity index (χ1) is 8.11. The van der Waals surface area contributed by atoms with Crippen LogP contribution in [0.25, 0.3) is 0 Å². The summed E-state index contributed by atoms with van der Waals surface area (Å²) in [4.78, 5) is 2.58. The zero-order valence-corrected chi connectivity index (χ0v) is 13.3. The zero-order chi connectivity index (χ0) is 13.3. The van der Waals surface area contributed by atoms with Gasteiger partial charge < -0.3 is 5.73 Å². The van der Waals surface area contributed by atoms with E-state index in [1.54, 1.807) is 0 Å². The summed E-state index contributed by atoms with van der Waals surface area (Å²) in [6.45, 7) is 7.61. The molecule has 0 radical (unpaired) electrons. The number of hydrogen-bond acceptors (Lipinski definition) is 3. The van der Waals surface area contributed by atoms with Crippen molar-refractivity contribution in [2.24, 2.45) is 5.73 Å². The van der Waals surface area contributed by atoms with Gasteiger partial charge in [-0.1, -0.05) is 33.6 Å². The minimum atomic E-state index is 0.222. The fourth-order valence-electron chi connectivity index (χ4n) is 2.84. The van der Waals surface area contributed by atoms with Crippen LogP contribution in [-0.4, -0.2) is 42.1 Å². The van der Waals surface area contributed by atoms with Crippen molar-refractivity contribution < 1.29 is 0 Å². The first kappa shape index (κ1) is 17.3. The quantitative estimate of drug-likeness (QED) is 0.653. The van der Waals surface area contributed by atoms with Crippen LogP contribution < -0.4 is 5.73 Å². The minimum absolute atomic E-state index is 0.222. The number of nitrogens with zero attached hydrogens (tertiary/aromatic N) is 1. The van der Waals surface area contributed by atoms with Crippen LogP contribution in [0.4, 0.5) is 0 Å². The lowest BCUT2D eigenvalue weighted by Crippen LogP contribution is -2.56. The van der Waals surface area contributed by atoms with Crippen molar-refractivity contribution in [1.82, 2.24) is 4.90 Å². The van der Waals surface area contributed by atoms with Crippen molar-refractivity contribution >= 4 is 11.8 Å². The maximum Gasteiger partial charge on any atom is 0.0331 e. The van der Waals surface area contributed by atoms with E-state index in [0.29, 0.717) is 6.04 Å². The molecule has 0 aromatic carbocycles. The molecular formula is C14H32N2S. The second-order valence-electron chi connectivity index (χ2n) is 5.06. The highest BCUT2D eigenvalue weighted by molar-refractivity contribution is 7.98. The summed E-state index contributed by atoms with van der Waals surface area (Å²) in [5.74, 6) is 1.21. The third-order valence-corrected chi connectivity index (χ3v) is 4.66. The molecule has 0 aliphatic heterocycles. The zero-order valence-electron chi connectivity index (χ0n) is 12.5. The van der Waals surface area contributed by atoms with E-state index in [-0.39, 0.29) is 5.54 Å². The third kappa shape index (κ3) is 4.80. The normalized spacial score (nSPS) is 14.3. The van der Waals surface area contributed by atoms with E-state index in [0.717, 1.165) is 6.54 Å². The lowest BCUT2D eigenvalue weighted by Gasteiger charge is -2.45. The predicted octanol–water partition coefficient (Wildman–Crippen LogP) is 3.36. The average molecular weight is 260 g/mol. The number of hydrogen-bond donors (Lipinski definition) is 1. The van der Waals surface area contributed by atoms with Gasteiger partial charge in [-0.25, -0.2) is 0 Å². The molecule has 0 saturated carbocycles. The molecule has 3 heteroatoms. The van der Waals surface area contributed by atoms with E-state index < -0.39 is 0 Å². The molecule has 0 aromatic rings. The molecule has 0 aliphatic rings. The Balaban J connectivity index is 4.85. The van der Waals surface area contributed by atoms with Crippen molar-refractivity contribution in [3.05, 3.63) is 0 Å². The molecule has 0 bridgehead atoms. The van der Waals surface area contributed by atoms with Gasteiger partial charge in [-0.05, 0) is 32.6 Å². The van der Waals surface area contributed by atoms with Crippen LogP contribution in [0.15, 0.2) is 0 Å². The van der Waals surface area contributed by atoms with Gasteiger partial charge in [0, 0.05) is 23.9 Å². The van der Waals surface area contributed by atoms with Crippen molar-refractivity contribution in [2.75, 3.05) is 25.6 Å². The third-order valence-electron chi connectivity index (χ3n) is 3.94. The highest BCUT2D eigenvalue weighted by Gasteiger charge is 2.34. The second-order valence-corrected chi connectivity index (χ2v) is 5.97. The average Bonchev–Trinajstić information content (AvgIpc) is 2.34. The molecule has 104 valence electrons. The van der Waals surface area contributed by atoms with Crippen LogP contribution in [0.1, 0.15) is 52.9 Å². The molecule has 0 spiro atoms. The molecular weight excluding hydrogens is 228 g/mol. The molecule has 0 amide bonds. The largest absolute Gasteiger partial charge is 0.329 e. The molecule has 0 rings (SSSR count). The Bertz CT molecular complexity index is 179. The van der Waals surface area contributed by atoms with E-state index in [9.17, 15) is 0 Å². The van der Waals surface area contributed by atoms with E-state index in [2.05, 4.69) is 39.0 Å². The van der Waals surface area contributed by atoms with Gasteiger partial charge in [0.2, 0.25) is 0 Å². The molecule has 2 N–H and O–H groups in total. The van der Waals surface area contributed by atoms with Crippen molar-refractivity contribution in [1.29, 1.82) is 0 Å². The Labute approximate surface area is 113 Å². The minimum Gasteiger partial charge on any atom is -0.329 e. The first-order valence-electron chi connectivity index (χ1n) is 7.03. The molecule has 17 heavy (non-hydrogen) atoms. The topological polar surface area (TPSA) is 29.3 Å². The van der Waals surface area contributed by atoms with Gasteiger partial charge >= 0.3 is 0 Å². The van der Waals surface area contributed by atoms with Gasteiger partial charge in [0.15, 0.2) is 0 Å². The predicted molar refractivity (Wildman–Crippen MR) is 81.8 cm³/mol. The number of thioether (sulfide) groups is 1. The van der Waals surface area contributed by atoms with E-state index in [4.69, 9.17) is 5.73 Å². The Hall–Kier alpha value is 0.270. The monoisotopic (exact) mass is 260 g/mol. The number of nitrogens with two attached hydrogens (primary N) is 1. The Kier molecular flexibility index (Phi) is 9.38. The lowest BCUT2D eigenvalue weighted by molar-refractivity contribution is 0.0663. The fourth-order valence-corrected chi connectivity index (χ4v) is 3.68. The molecule has 0 heterocycles. The summed E-state index contributed by atoms with van der Waals surface area (Å²) >= 11 is 1.94. The summed E-state index contributed by atoms with van der Waals surface area (Å²) < 4.78 is 0. The Morgan fingerprint density at radius 2 is 1.71 bits per heavy atom. The second kappa shape index (κ2) is 9.23. The lowest BCUT2D eigenvalue weighted by atomic mass is 9.85. The van der Waals surface area contributed by atoms with Crippen molar-refractivity contribution in [3.8, 4) is 0 Å². The van der Waals surface area contributed by atoms with Crippen LogP contribution >= 0.6 is 11.8 Å². The Morgan fingerprint density at radius 3 is 2.00 bits per heavy atom. The van der Waals surface area contributed by atoms with E-state index >= 15 is 0 Å². The van der Waals surface area contributed by atoms with Gasteiger partial charge in [0.05, 0.1) is 0 Å². The summed E-state index contributed by atoms with van der Waals surface area (Å²) in [7, 11) is 2.28. The van der Waals surface area contributed by atoms with E-state index in [1.165, 1.54) is 37.9 Å². The van der Waals surface area contributed by atoms with Crippen LogP contribution in [0, 0.1) is 0 Å². The molecule has 0 saturated heterocycles. The summed E-state index contributed by atoms with van der Waals surface area (Å²) in [6, 6.07) is 0.659. The highest BCUT2D eigenvalue weighted by Crippen LogP contribution is 2.28. The van der Waals surface area contributed by atoms with E-state index in [1.807, 2.05) is 11.8 Å². The molecule has 2 nitrogen and oxygen atoms in total. The van der Waals surface area contributed by atoms with Crippen LogP contribution in [0.5, 0.6) is 0 Å². The molecule has 0 aliphatic carbocycles. The smallest absolute Gasteiger partial charge is 0.0331 e. The SMILES string of the molecule is CCCC(CN)(CCC)N(C)C(CC)CSC. The maximum atomic E-state index is 6.12. The summed E-state index contributed by atoms with van der Waals surface area (Å²) in [6.07, 6.45) is 8.29. The highest BCUT2D eigenvalue weighted by atomic mass is 32.2. The van der Waals surface area contributed by atoms with Crippen molar-refractivity contribution in [3.63, 3.8) is 0 Å². The molecule has 1 unspecified atom stereocenters. The number of likely N-dealkylation sites (N-methyl/N-ethyl adjacent to an activating group) is 1. The van der Waals surface area contributed by atoms with Gasteiger partial charge in [0.25, 0.3) is 0 Å². The van der Waals surface area contributed by atoms with Gasteiger partial charge in [-0.3, -0.25) is 4.90 Å². The van der Waals surface area contributed by atoms with Crippen LogP contribution in [0.3, 0.4) is 0 Å². The van der Waals surface area contributed by atoms with Crippen LogP contribution in [0.2, 0.25) is 0 Å². The number of rotatable bonds is 10. The summed E-state index contributed by atoms with van der Waals surface area (Å²) in [5.41, 5.74) is 6.34. The molecule has 1 atom stereocenters. The van der Waals surface area contributed by atoms with Gasteiger partial charge in [-0.2, -0.15) is 11.8 Å². The van der Waals surface area contributed by atoms with Gasteiger partial charge in [0.1, 0.15) is 0 Å². The van der Waals surface area contributed by atoms with Crippen molar-refractivity contribution in [2.45, 2.75) is 64.5 Å². The van der Waals surface area contributed by atoms with Crippen LogP contribution in [-0.2, 0) is 0 Å². The standard InChI is InChI=1S/C14H32N2S/c1-6-9-14(12-15,10-7-2)16(4)13(8-3)11-17-5/h13H,6-12,15H2,1-5H3. The fraction of sp³-hybridized carbons (Fsp3) is 1.00. The maximum absolute atomic E-state index is 6.12. The Morgan fingerprint density at radius 1 is 1.18 bits per heavy atom. The summed E-state index contributed by atoms with van der Waals surface area (Å²) in [5, 5.41) is 0. The molecule has 0 aromatic heterocycles. The molecule has 0 fully saturated rings. The first-order valence-corrected chi connectivity index (χ1v) is 8.43.